The maximum absolute atomic E-state index is 12.7. The molecule has 0 saturated carbocycles. The first kappa shape index (κ1) is 19.2. The zero-order valence-corrected chi connectivity index (χ0v) is 17.3. The Bertz CT molecular complexity index is 935. The van der Waals surface area contributed by atoms with E-state index in [0.717, 1.165) is 33.0 Å². The zero-order chi connectivity index (χ0) is 19.6. The molecule has 0 fully saturated rings. The SMILES string of the molecule is Cc1cc(C)c(OCc2csc(C(=O)N(C)Cc3ccnn3C)c2)c(C)c1. The van der Waals surface area contributed by atoms with E-state index < -0.39 is 0 Å². The number of aromatic nitrogens is 2. The second-order valence-electron chi connectivity index (χ2n) is 6.94. The van der Waals surface area contributed by atoms with Crippen molar-refractivity contribution in [2.45, 2.75) is 33.9 Å². The lowest BCUT2D eigenvalue weighted by Gasteiger charge is -2.16. The number of carbonyl (C=O) groups excluding carboxylic acids is 1. The van der Waals surface area contributed by atoms with Crippen LogP contribution in [0.4, 0.5) is 0 Å². The van der Waals surface area contributed by atoms with Gasteiger partial charge in [-0.1, -0.05) is 17.7 Å². The molecule has 6 heteroatoms. The van der Waals surface area contributed by atoms with Gasteiger partial charge in [0.1, 0.15) is 12.4 Å². The van der Waals surface area contributed by atoms with Crippen LogP contribution >= 0.6 is 11.3 Å². The fourth-order valence-corrected chi connectivity index (χ4v) is 4.06. The van der Waals surface area contributed by atoms with Gasteiger partial charge in [0.15, 0.2) is 0 Å². The molecule has 1 amide bonds. The minimum atomic E-state index is 0.00940. The molecule has 0 aliphatic heterocycles. The number of carbonyl (C=O) groups is 1. The monoisotopic (exact) mass is 383 g/mol. The first-order chi connectivity index (χ1) is 12.8. The van der Waals surface area contributed by atoms with Gasteiger partial charge < -0.3 is 9.64 Å². The lowest BCUT2D eigenvalue weighted by Crippen LogP contribution is -2.26. The van der Waals surface area contributed by atoms with Crippen LogP contribution in [0.15, 0.2) is 35.8 Å². The van der Waals surface area contributed by atoms with Crippen molar-refractivity contribution in [1.29, 1.82) is 0 Å². The Kier molecular flexibility index (Phi) is 5.65. The molecule has 1 aromatic carbocycles. The van der Waals surface area contributed by atoms with Crippen LogP contribution < -0.4 is 4.74 Å². The van der Waals surface area contributed by atoms with Crippen LogP contribution in [0, 0.1) is 20.8 Å². The van der Waals surface area contributed by atoms with Gasteiger partial charge in [0, 0.05) is 25.9 Å². The summed E-state index contributed by atoms with van der Waals surface area (Å²) in [7, 11) is 3.69. The second kappa shape index (κ2) is 7.96. The highest BCUT2D eigenvalue weighted by molar-refractivity contribution is 7.12. The van der Waals surface area contributed by atoms with Gasteiger partial charge in [-0.25, -0.2) is 0 Å². The molecule has 142 valence electrons. The zero-order valence-electron chi connectivity index (χ0n) is 16.4. The van der Waals surface area contributed by atoms with Crippen molar-refractivity contribution >= 4 is 17.2 Å². The van der Waals surface area contributed by atoms with Gasteiger partial charge in [-0.05, 0) is 49.4 Å². The van der Waals surface area contributed by atoms with E-state index in [4.69, 9.17) is 4.74 Å². The van der Waals surface area contributed by atoms with Crippen molar-refractivity contribution in [3.63, 3.8) is 0 Å². The molecule has 3 aromatic rings. The average Bonchev–Trinajstić information content (AvgIpc) is 3.23. The summed E-state index contributed by atoms with van der Waals surface area (Å²) >= 11 is 1.46. The van der Waals surface area contributed by atoms with E-state index >= 15 is 0 Å². The Morgan fingerprint density at radius 3 is 2.56 bits per heavy atom. The number of nitrogens with zero attached hydrogens (tertiary/aromatic N) is 3. The molecule has 0 radical (unpaired) electrons. The first-order valence-corrected chi connectivity index (χ1v) is 9.73. The van der Waals surface area contributed by atoms with E-state index in [9.17, 15) is 4.79 Å². The average molecular weight is 384 g/mol. The summed E-state index contributed by atoms with van der Waals surface area (Å²) in [4.78, 5) is 15.1. The van der Waals surface area contributed by atoms with E-state index in [1.54, 1.807) is 15.8 Å². The van der Waals surface area contributed by atoms with Gasteiger partial charge in [0.2, 0.25) is 0 Å². The third-order valence-corrected chi connectivity index (χ3v) is 5.49. The number of ether oxygens (including phenoxy) is 1. The second-order valence-corrected chi connectivity index (χ2v) is 7.85. The van der Waals surface area contributed by atoms with Crippen LogP contribution in [0.3, 0.4) is 0 Å². The fourth-order valence-electron chi connectivity index (χ4n) is 3.17. The van der Waals surface area contributed by atoms with Crippen molar-refractivity contribution in [1.82, 2.24) is 14.7 Å². The molecule has 0 saturated heterocycles. The summed E-state index contributed by atoms with van der Waals surface area (Å²) < 4.78 is 7.81. The summed E-state index contributed by atoms with van der Waals surface area (Å²) in [6, 6.07) is 8.09. The van der Waals surface area contributed by atoms with E-state index in [2.05, 4.69) is 38.0 Å². The predicted octanol–water partition coefficient (Wildman–Crippen LogP) is 4.26. The lowest BCUT2D eigenvalue weighted by atomic mass is 10.1. The molecule has 2 heterocycles. The highest BCUT2D eigenvalue weighted by Crippen LogP contribution is 2.26. The van der Waals surface area contributed by atoms with E-state index in [1.807, 2.05) is 31.6 Å². The Hall–Kier alpha value is -2.60. The van der Waals surface area contributed by atoms with Gasteiger partial charge >= 0.3 is 0 Å². The highest BCUT2D eigenvalue weighted by atomic mass is 32.1. The topological polar surface area (TPSA) is 47.4 Å². The Morgan fingerprint density at radius 1 is 1.22 bits per heavy atom. The fraction of sp³-hybridized carbons (Fsp3) is 0.333. The normalized spacial score (nSPS) is 10.9. The molecule has 0 N–H and O–H groups in total. The van der Waals surface area contributed by atoms with Crippen molar-refractivity contribution in [3.05, 3.63) is 68.7 Å². The van der Waals surface area contributed by atoms with Crippen LogP contribution in [0.1, 0.15) is 37.6 Å². The Balaban J connectivity index is 1.64. The van der Waals surface area contributed by atoms with Gasteiger partial charge in [0.05, 0.1) is 17.1 Å². The van der Waals surface area contributed by atoms with Gasteiger partial charge in [-0.3, -0.25) is 9.48 Å². The summed E-state index contributed by atoms with van der Waals surface area (Å²) in [5, 5.41) is 6.13. The summed E-state index contributed by atoms with van der Waals surface area (Å²) in [5.41, 5.74) is 5.51. The number of hydrogen-bond donors (Lipinski definition) is 0. The molecule has 5 nitrogen and oxygen atoms in total. The van der Waals surface area contributed by atoms with Crippen molar-refractivity contribution in [2.24, 2.45) is 7.05 Å². The summed E-state index contributed by atoms with van der Waals surface area (Å²) in [5.74, 6) is 0.933. The van der Waals surface area contributed by atoms with E-state index in [0.29, 0.717) is 13.2 Å². The maximum atomic E-state index is 12.7. The molecule has 0 unspecified atom stereocenters. The van der Waals surface area contributed by atoms with Gasteiger partial charge in [0.25, 0.3) is 5.91 Å². The number of benzene rings is 1. The molecule has 0 aliphatic rings. The van der Waals surface area contributed by atoms with Crippen LogP contribution in [0.2, 0.25) is 0 Å². The molecule has 2 aromatic heterocycles. The van der Waals surface area contributed by atoms with Crippen molar-refractivity contribution in [3.8, 4) is 5.75 Å². The molecule has 0 spiro atoms. The van der Waals surface area contributed by atoms with Crippen LogP contribution in [-0.4, -0.2) is 27.6 Å². The summed E-state index contributed by atoms with van der Waals surface area (Å²) in [6.07, 6.45) is 1.74. The lowest BCUT2D eigenvalue weighted by molar-refractivity contribution is 0.0786. The quantitative estimate of drug-likeness (QED) is 0.639. The molecular weight excluding hydrogens is 358 g/mol. The summed E-state index contributed by atoms with van der Waals surface area (Å²) in [6.45, 7) is 7.19. The van der Waals surface area contributed by atoms with Gasteiger partial charge in [-0.15, -0.1) is 11.3 Å². The van der Waals surface area contributed by atoms with E-state index in [1.165, 1.54) is 16.9 Å². The predicted molar refractivity (Wildman–Crippen MR) is 108 cm³/mol. The van der Waals surface area contributed by atoms with Crippen LogP contribution in [0.5, 0.6) is 5.75 Å². The van der Waals surface area contributed by atoms with Gasteiger partial charge in [-0.2, -0.15) is 5.10 Å². The van der Waals surface area contributed by atoms with Crippen molar-refractivity contribution in [2.75, 3.05) is 7.05 Å². The molecule has 27 heavy (non-hydrogen) atoms. The Labute approximate surface area is 164 Å². The number of amides is 1. The first-order valence-electron chi connectivity index (χ1n) is 8.85. The maximum Gasteiger partial charge on any atom is 0.264 e. The Morgan fingerprint density at radius 2 is 1.93 bits per heavy atom. The largest absolute Gasteiger partial charge is 0.488 e. The standard InChI is InChI=1S/C21H25N3O2S/c1-14-8-15(2)20(16(3)9-14)26-12-17-10-19(27-13-17)21(25)23(4)11-18-6-7-22-24(18)5/h6-10,13H,11-12H2,1-5H3. The molecule has 0 aliphatic carbocycles. The third-order valence-electron chi connectivity index (χ3n) is 4.52. The smallest absolute Gasteiger partial charge is 0.264 e. The molecule has 3 rings (SSSR count). The van der Waals surface area contributed by atoms with Crippen LogP contribution in [-0.2, 0) is 20.2 Å². The highest BCUT2D eigenvalue weighted by Gasteiger charge is 2.16. The third kappa shape index (κ3) is 4.39. The van der Waals surface area contributed by atoms with Crippen molar-refractivity contribution < 1.29 is 9.53 Å². The minimum Gasteiger partial charge on any atom is -0.488 e. The number of rotatable bonds is 6. The number of aryl methyl sites for hydroxylation is 4. The molecular formula is C21H25N3O2S. The molecule has 0 bridgehead atoms. The number of thiophene rings is 1. The van der Waals surface area contributed by atoms with Crippen LogP contribution in [0.25, 0.3) is 0 Å². The molecule has 0 atom stereocenters. The number of hydrogen-bond acceptors (Lipinski definition) is 4. The minimum absolute atomic E-state index is 0.00940. The van der Waals surface area contributed by atoms with E-state index in [-0.39, 0.29) is 5.91 Å².